The highest BCUT2D eigenvalue weighted by Gasteiger charge is 2.57. The third-order valence-electron chi connectivity index (χ3n) is 8.46. The Bertz CT molecular complexity index is 869. The summed E-state index contributed by atoms with van der Waals surface area (Å²) in [6.07, 6.45) is 12.5. The Hall–Kier alpha value is -1.77. The molecule has 3 nitrogen and oxygen atoms in total. The quantitative estimate of drug-likeness (QED) is 0.702. The van der Waals surface area contributed by atoms with Crippen LogP contribution in [0.1, 0.15) is 63.5 Å². The highest BCUT2D eigenvalue weighted by Crippen LogP contribution is 2.63. The topological polar surface area (TPSA) is 42.3 Å². The monoisotopic (exact) mass is 362 g/mol. The van der Waals surface area contributed by atoms with Crippen LogP contribution in [-0.2, 0) is 4.79 Å². The van der Waals surface area contributed by atoms with Crippen LogP contribution in [0.4, 0.5) is 0 Å². The fraction of sp³-hybridized carbons (Fsp3) is 0.625. The standard InChI is InChI=1S/C24H30N2O/c1-15-10-16(13-25-12-15)19-4-5-20-18-14-26-22-11-17(27)6-8-24(22,3)21(18)7-9-23(19,20)2/h4,10,12-13,18,20-21H,5-9,11,14H2,1-3H3/t18-,20-,21-,23+,24+/m0/s1. The number of rotatable bonds is 1. The maximum Gasteiger partial charge on any atom is 0.138 e. The van der Waals surface area contributed by atoms with Gasteiger partial charge in [0.1, 0.15) is 5.78 Å². The molecular formula is C24H30N2O. The first-order valence-corrected chi connectivity index (χ1v) is 10.6. The minimum absolute atomic E-state index is 0.159. The third-order valence-corrected chi connectivity index (χ3v) is 8.46. The minimum atomic E-state index is 0.159. The molecule has 0 amide bonds. The summed E-state index contributed by atoms with van der Waals surface area (Å²) in [5.41, 5.74) is 5.68. The van der Waals surface area contributed by atoms with Gasteiger partial charge in [0, 0.05) is 42.9 Å². The molecule has 2 heterocycles. The van der Waals surface area contributed by atoms with Crippen LogP contribution >= 0.6 is 0 Å². The van der Waals surface area contributed by atoms with Gasteiger partial charge in [-0.2, -0.15) is 0 Å². The third kappa shape index (κ3) is 2.43. The fourth-order valence-electron chi connectivity index (χ4n) is 6.92. The smallest absolute Gasteiger partial charge is 0.138 e. The Morgan fingerprint density at radius 3 is 2.78 bits per heavy atom. The van der Waals surface area contributed by atoms with Crippen molar-refractivity contribution in [3.8, 4) is 0 Å². The Balaban J connectivity index is 1.48. The van der Waals surface area contributed by atoms with Gasteiger partial charge in [-0.1, -0.05) is 19.9 Å². The normalized spacial score (nSPS) is 40.6. The van der Waals surface area contributed by atoms with E-state index in [0.29, 0.717) is 30.0 Å². The van der Waals surface area contributed by atoms with Crippen molar-refractivity contribution in [3.05, 3.63) is 35.7 Å². The maximum absolute atomic E-state index is 12.0. The molecule has 27 heavy (non-hydrogen) atoms. The maximum atomic E-state index is 12.0. The van der Waals surface area contributed by atoms with Crippen molar-refractivity contribution in [3.63, 3.8) is 0 Å². The van der Waals surface area contributed by atoms with Crippen LogP contribution in [0.25, 0.3) is 5.57 Å². The molecule has 3 heteroatoms. The molecule has 3 aliphatic carbocycles. The Labute approximate surface area is 162 Å². The van der Waals surface area contributed by atoms with Crippen molar-refractivity contribution >= 4 is 17.1 Å². The second-order valence-corrected chi connectivity index (χ2v) is 9.86. The van der Waals surface area contributed by atoms with Gasteiger partial charge < -0.3 is 0 Å². The van der Waals surface area contributed by atoms with Crippen LogP contribution in [0, 0.1) is 35.5 Å². The van der Waals surface area contributed by atoms with Crippen molar-refractivity contribution in [2.45, 2.75) is 59.3 Å². The molecule has 1 aromatic heterocycles. The summed E-state index contributed by atoms with van der Waals surface area (Å²) < 4.78 is 0. The summed E-state index contributed by atoms with van der Waals surface area (Å²) in [7, 11) is 0. The summed E-state index contributed by atoms with van der Waals surface area (Å²) in [4.78, 5) is 21.5. The number of nitrogens with zero attached hydrogens (tertiary/aromatic N) is 2. The van der Waals surface area contributed by atoms with E-state index in [-0.39, 0.29) is 10.8 Å². The van der Waals surface area contributed by atoms with Gasteiger partial charge in [0.15, 0.2) is 0 Å². The largest absolute Gasteiger partial charge is 0.299 e. The van der Waals surface area contributed by atoms with Gasteiger partial charge >= 0.3 is 0 Å². The van der Waals surface area contributed by atoms with Gasteiger partial charge in [0.2, 0.25) is 0 Å². The van der Waals surface area contributed by atoms with E-state index in [4.69, 9.17) is 4.99 Å². The zero-order chi connectivity index (χ0) is 18.8. The van der Waals surface area contributed by atoms with Crippen LogP contribution in [0.2, 0.25) is 0 Å². The summed E-state index contributed by atoms with van der Waals surface area (Å²) >= 11 is 0. The lowest BCUT2D eigenvalue weighted by molar-refractivity contribution is -0.120. The Morgan fingerprint density at radius 2 is 1.96 bits per heavy atom. The van der Waals surface area contributed by atoms with Gasteiger partial charge in [0.05, 0.1) is 0 Å². The first-order valence-electron chi connectivity index (χ1n) is 10.6. The van der Waals surface area contributed by atoms with E-state index in [9.17, 15) is 4.79 Å². The number of aliphatic imine (C=N–C) groups is 1. The van der Waals surface area contributed by atoms with Gasteiger partial charge in [-0.25, -0.2) is 0 Å². The van der Waals surface area contributed by atoms with Crippen molar-refractivity contribution < 1.29 is 4.79 Å². The summed E-state index contributed by atoms with van der Waals surface area (Å²) in [5.74, 6) is 2.41. The molecule has 1 aromatic rings. The lowest BCUT2D eigenvalue weighted by Crippen LogP contribution is -2.54. The van der Waals surface area contributed by atoms with Crippen LogP contribution < -0.4 is 0 Å². The Morgan fingerprint density at radius 1 is 1.11 bits per heavy atom. The number of allylic oxidation sites excluding steroid dienone is 2. The predicted molar refractivity (Wildman–Crippen MR) is 109 cm³/mol. The van der Waals surface area contributed by atoms with Crippen molar-refractivity contribution in [2.24, 2.45) is 33.6 Å². The molecule has 0 unspecified atom stereocenters. The molecule has 2 saturated carbocycles. The molecular weight excluding hydrogens is 332 g/mol. The van der Waals surface area contributed by atoms with E-state index >= 15 is 0 Å². The lowest BCUT2D eigenvalue weighted by Gasteiger charge is -2.56. The zero-order valence-corrected chi connectivity index (χ0v) is 16.8. The van der Waals surface area contributed by atoms with Gasteiger partial charge in [-0.05, 0) is 78.5 Å². The average Bonchev–Trinajstić information content (AvgIpc) is 2.99. The number of fused-ring (bicyclic) bond motifs is 5. The molecule has 0 bridgehead atoms. The van der Waals surface area contributed by atoms with E-state index in [1.807, 2.05) is 12.4 Å². The van der Waals surface area contributed by atoms with Crippen LogP contribution in [0.3, 0.4) is 0 Å². The van der Waals surface area contributed by atoms with E-state index in [1.165, 1.54) is 41.7 Å². The van der Waals surface area contributed by atoms with Gasteiger partial charge in [-0.3, -0.25) is 14.8 Å². The number of hydrogen-bond acceptors (Lipinski definition) is 3. The van der Waals surface area contributed by atoms with Crippen molar-refractivity contribution in [1.29, 1.82) is 0 Å². The molecule has 0 saturated heterocycles. The van der Waals surface area contributed by atoms with Gasteiger partial charge in [-0.15, -0.1) is 0 Å². The molecule has 0 aromatic carbocycles. The molecule has 142 valence electrons. The summed E-state index contributed by atoms with van der Waals surface area (Å²) in [6, 6.07) is 2.30. The summed E-state index contributed by atoms with van der Waals surface area (Å²) in [6.45, 7) is 7.95. The highest BCUT2D eigenvalue weighted by atomic mass is 16.1. The molecule has 0 spiro atoms. The SMILES string of the molecule is Cc1cncc(C2=CC[C@H]3[C@@H]4CN=C5CC(=O)CC[C@]5(C)[C@H]4CC[C@]23C)c1. The molecule has 4 aliphatic rings. The van der Waals surface area contributed by atoms with E-state index in [2.05, 4.69) is 37.9 Å². The second-order valence-electron chi connectivity index (χ2n) is 9.86. The number of carbonyl (C=O) groups excluding carboxylic acids is 1. The number of hydrogen-bond donors (Lipinski definition) is 0. The van der Waals surface area contributed by atoms with Crippen LogP contribution in [-0.4, -0.2) is 23.0 Å². The molecule has 2 fully saturated rings. The number of aryl methyl sites for hydroxylation is 1. The Kier molecular flexibility index (Phi) is 3.76. The fourth-order valence-corrected chi connectivity index (χ4v) is 6.92. The van der Waals surface area contributed by atoms with E-state index in [0.717, 1.165) is 19.4 Å². The van der Waals surface area contributed by atoms with Crippen molar-refractivity contribution in [2.75, 3.05) is 6.54 Å². The minimum Gasteiger partial charge on any atom is -0.299 e. The predicted octanol–water partition coefficient (Wildman–Crippen LogP) is 5.04. The number of carbonyl (C=O) groups is 1. The van der Waals surface area contributed by atoms with E-state index in [1.54, 1.807) is 0 Å². The number of aromatic nitrogens is 1. The highest BCUT2D eigenvalue weighted by molar-refractivity contribution is 6.07. The summed E-state index contributed by atoms with van der Waals surface area (Å²) in [5, 5.41) is 0. The lowest BCUT2D eigenvalue weighted by atomic mass is 9.49. The molecule has 0 N–H and O–H groups in total. The molecule has 5 rings (SSSR count). The first-order chi connectivity index (χ1) is 12.9. The number of ketones is 1. The molecule has 0 radical (unpaired) electrons. The van der Waals surface area contributed by atoms with Crippen LogP contribution in [0.5, 0.6) is 0 Å². The van der Waals surface area contributed by atoms with Crippen molar-refractivity contribution in [1.82, 2.24) is 4.98 Å². The molecule has 5 atom stereocenters. The second kappa shape index (κ2) is 5.86. The van der Waals surface area contributed by atoms with Crippen LogP contribution in [0.15, 0.2) is 29.5 Å². The van der Waals surface area contributed by atoms with E-state index < -0.39 is 0 Å². The zero-order valence-electron chi connectivity index (χ0n) is 16.8. The average molecular weight is 363 g/mol. The number of Topliss-reactive ketones (excluding diaryl/α,β-unsaturated/α-hetero) is 1. The molecule has 1 aliphatic heterocycles. The first kappa shape index (κ1) is 17.3. The number of pyridine rings is 1. The van der Waals surface area contributed by atoms with Gasteiger partial charge in [0.25, 0.3) is 0 Å².